The van der Waals surface area contributed by atoms with Gasteiger partial charge < -0.3 is 15.2 Å². The molecule has 0 fully saturated rings. The molecule has 2 N–H and O–H groups in total. The summed E-state index contributed by atoms with van der Waals surface area (Å²) in [5.41, 5.74) is 0. The number of nitrogens with zero attached hydrogens (tertiary/aromatic N) is 4. The zero-order chi connectivity index (χ0) is 15.6. The zero-order valence-electron chi connectivity index (χ0n) is 14.1. The minimum absolute atomic E-state index is 0. The lowest BCUT2D eigenvalue weighted by Crippen LogP contribution is -2.37. The third-order valence-electron chi connectivity index (χ3n) is 3.77. The van der Waals surface area contributed by atoms with Gasteiger partial charge >= 0.3 is 0 Å². The quantitative estimate of drug-likeness (QED) is 0.228. The highest BCUT2D eigenvalue weighted by atomic mass is 127. The Labute approximate surface area is 156 Å². The Bertz CT molecular complexity index is 497. The van der Waals surface area contributed by atoms with Crippen LogP contribution in [-0.4, -0.2) is 40.4 Å². The van der Waals surface area contributed by atoms with Crippen LogP contribution in [0.5, 0.6) is 0 Å². The molecule has 0 aliphatic carbocycles. The Balaban J connectivity index is 0.00000264. The fraction of sp³-hybridized carbons (Fsp3) is 0.688. The lowest BCUT2D eigenvalue weighted by atomic mass is 10.2. The molecule has 0 bridgehead atoms. The van der Waals surface area contributed by atoms with Crippen LogP contribution in [0.15, 0.2) is 17.6 Å². The van der Waals surface area contributed by atoms with E-state index in [-0.39, 0.29) is 24.0 Å². The topological polar surface area (TPSA) is 67.1 Å². The van der Waals surface area contributed by atoms with Crippen molar-refractivity contribution in [1.82, 2.24) is 25.4 Å². The molecule has 0 aromatic carbocycles. The monoisotopic (exact) mass is 432 g/mol. The Morgan fingerprint density at radius 3 is 2.96 bits per heavy atom. The molecule has 7 heteroatoms. The van der Waals surface area contributed by atoms with Crippen LogP contribution in [0.1, 0.15) is 44.3 Å². The first-order chi connectivity index (χ1) is 10.8. The van der Waals surface area contributed by atoms with E-state index >= 15 is 0 Å². The van der Waals surface area contributed by atoms with Gasteiger partial charge in [-0.05, 0) is 26.2 Å². The van der Waals surface area contributed by atoms with Gasteiger partial charge in [-0.15, -0.1) is 40.8 Å². The Hall–Kier alpha value is -1.12. The van der Waals surface area contributed by atoms with E-state index in [4.69, 9.17) is 0 Å². The van der Waals surface area contributed by atoms with Gasteiger partial charge in [-0.3, -0.25) is 4.99 Å². The summed E-state index contributed by atoms with van der Waals surface area (Å²) < 4.78 is 2.32. The molecule has 0 amide bonds. The second-order valence-corrected chi connectivity index (χ2v) is 5.53. The number of fused-ring (bicyclic) bond motifs is 1. The summed E-state index contributed by atoms with van der Waals surface area (Å²) in [6.45, 7) is 9.22. The number of aromatic nitrogens is 3. The van der Waals surface area contributed by atoms with Gasteiger partial charge in [0, 0.05) is 39.0 Å². The number of hydrogen-bond donors (Lipinski definition) is 2. The Morgan fingerprint density at radius 1 is 1.30 bits per heavy atom. The van der Waals surface area contributed by atoms with Crippen LogP contribution in [-0.2, 0) is 19.4 Å². The summed E-state index contributed by atoms with van der Waals surface area (Å²) in [6.07, 6.45) is 8.61. The van der Waals surface area contributed by atoms with Crippen molar-refractivity contribution in [3.63, 3.8) is 0 Å². The summed E-state index contributed by atoms with van der Waals surface area (Å²) in [4.78, 5) is 4.57. The highest BCUT2D eigenvalue weighted by Gasteiger charge is 2.13. The van der Waals surface area contributed by atoms with E-state index in [1.807, 2.05) is 6.08 Å². The lowest BCUT2D eigenvalue weighted by Gasteiger charge is -2.09. The number of aliphatic imine (C=N–C) groups is 1. The van der Waals surface area contributed by atoms with E-state index in [0.717, 1.165) is 63.0 Å². The zero-order valence-corrected chi connectivity index (χ0v) is 16.4. The first-order valence-corrected chi connectivity index (χ1v) is 8.39. The van der Waals surface area contributed by atoms with Gasteiger partial charge in [0.25, 0.3) is 0 Å². The Morgan fingerprint density at radius 2 is 2.17 bits per heavy atom. The molecule has 2 rings (SSSR count). The van der Waals surface area contributed by atoms with Gasteiger partial charge in [-0.2, -0.15) is 0 Å². The molecule has 0 saturated heterocycles. The maximum Gasteiger partial charge on any atom is 0.191 e. The summed E-state index contributed by atoms with van der Waals surface area (Å²) in [5.74, 6) is 3.13. The van der Waals surface area contributed by atoms with Gasteiger partial charge in [0.05, 0.1) is 0 Å². The van der Waals surface area contributed by atoms with E-state index in [1.165, 1.54) is 19.3 Å². The highest BCUT2D eigenvalue weighted by molar-refractivity contribution is 14.0. The van der Waals surface area contributed by atoms with Crippen molar-refractivity contribution in [1.29, 1.82) is 0 Å². The largest absolute Gasteiger partial charge is 0.357 e. The molecule has 0 atom stereocenters. The van der Waals surface area contributed by atoms with Crippen LogP contribution in [0.25, 0.3) is 0 Å². The molecule has 0 spiro atoms. The van der Waals surface area contributed by atoms with Gasteiger partial charge in [0.1, 0.15) is 11.6 Å². The summed E-state index contributed by atoms with van der Waals surface area (Å²) in [5, 5.41) is 15.1. The molecule has 0 unspecified atom stereocenters. The van der Waals surface area contributed by atoms with Crippen molar-refractivity contribution in [3.05, 3.63) is 24.3 Å². The van der Waals surface area contributed by atoms with Crippen molar-refractivity contribution in [2.24, 2.45) is 4.99 Å². The molecule has 1 aliphatic heterocycles. The molecule has 0 radical (unpaired) electrons. The SMILES string of the molecule is C=CCNC(=NCCCc1nnc2n1CCCCC2)NCC.I. The van der Waals surface area contributed by atoms with Crippen molar-refractivity contribution in [3.8, 4) is 0 Å². The number of rotatable bonds is 7. The molecule has 1 aromatic rings. The van der Waals surface area contributed by atoms with E-state index in [9.17, 15) is 0 Å². The minimum Gasteiger partial charge on any atom is -0.357 e. The molecule has 130 valence electrons. The van der Waals surface area contributed by atoms with E-state index in [0.29, 0.717) is 0 Å². The van der Waals surface area contributed by atoms with E-state index in [1.54, 1.807) is 0 Å². The van der Waals surface area contributed by atoms with E-state index < -0.39 is 0 Å². The lowest BCUT2D eigenvalue weighted by molar-refractivity contribution is 0.597. The Kier molecular flexibility index (Phi) is 9.89. The van der Waals surface area contributed by atoms with Crippen molar-refractivity contribution >= 4 is 29.9 Å². The van der Waals surface area contributed by atoms with Crippen LogP contribution < -0.4 is 10.6 Å². The molecule has 6 nitrogen and oxygen atoms in total. The fourth-order valence-electron chi connectivity index (χ4n) is 2.67. The van der Waals surface area contributed by atoms with Gasteiger partial charge in [-0.1, -0.05) is 12.5 Å². The van der Waals surface area contributed by atoms with Crippen LogP contribution in [0.3, 0.4) is 0 Å². The number of guanidine groups is 1. The van der Waals surface area contributed by atoms with Gasteiger partial charge in [0.2, 0.25) is 0 Å². The molecule has 23 heavy (non-hydrogen) atoms. The maximum absolute atomic E-state index is 4.57. The summed E-state index contributed by atoms with van der Waals surface area (Å²) in [7, 11) is 0. The summed E-state index contributed by atoms with van der Waals surface area (Å²) in [6, 6.07) is 0. The molecule has 2 heterocycles. The summed E-state index contributed by atoms with van der Waals surface area (Å²) >= 11 is 0. The molecular weight excluding hydrogens is 403 g/mol. The standard InChI is InChI=1S/C16H28N6.HI/c1-3-11-18-16(17-4-2)19-12-8-10-15-21-20-14-9-6-5-7-13-22(14)15;/h3H,1,4-13H2,2H3,(H2,17,18,19);1H. The van der Waals surface area contributed by atoms with Gasteiger partial charge in [0.15, 0.2) is 5.96 Å². The van der Waals surface area contributed by atoms with Crippen molar-refractivity contribution in [2.45, 2.75) is 52.0 Å². The number of hydrogen-bond acceptors (Lipinski definition) is 3. The minimum atomic E-state index is 0. The first kappa shape index (κ1) is 19.9. The molecule has 0 saturated carbocycles. The normalized spacial score (nSPS) is 14.4. The molecular formula is C16H29IN6. The van der Waals surface area contributed by atoms with E-state index in [2.05, 4.69) is 43.9 Å². The number of aryl methyl sites for hydroxylation is 2. The second kappa shape index (κ2) is 11.4. The first-order valence-electron chi connectivity index (χ1n) is 8.39. The van der Waals surface area contributed by atoms with Crippen LogP contribution >= 0.6 is 24.0 Å². The smallest absolute Gasteiger partial charge is 0.191 e. The van der Waals surface area contributed by atoms with Crippen molar-refractivity contribution < 1.29 is 0 Å². The molecule has 1 aliphatic rings. The number of halogens is 1. The highest BCUT2D eigenvalue weighted by Crippen LogP contribution is 2.15. The van der Waals surface area contributed by atoms with Crippen LogP contribution in [0, 0.1) is 0 Å². The average molecular weight is 432 g/mol. The average Bonchev–Trinajstić information content (AvgIpc) is 2.76. The second-order valence-electron chi connectivity index (χ2n) is 5.53. The van der Waals surface area contributed by atoms with Crippen molar-refractivity contribution in [2.75, 3.05) is 19.6 Å². The van der Waals surface area contributed by atoms with Gasteiger partial charge in [-0.25, -0.2) is 0 Å². The fourth-order valence-corrected chi connectivity index (χ4v) is 2.67. The molecule has 1 aromatic heterocycles. The predicted molar refractivity (Wildman–Crippen MR) is 105 cm³/mol. The predicted octanol–water partition coefficient (Wildman–Crippen LogP) is 2.30. The number of nitrogens with one attached hydrogen (secondary N) is 2. The van der Waals surface area contributed by atoms with Crippen LogP contribution in [0.4, 0.5) is 0 Å². The third kappa shape index (κ3) is 6.48. The van der Waals surface area contributed by atoms with Crippen LogP contribution in [0.2, 0.25) is 0 Å². The maximum atomic E-state index is 4.57. The third-order valence-corrected chi connectivity index (χ3v) is 3.77.